The Balaban J connectivity index is 3.56. The quantitative estimate of drug-likeness (QED) is 0.470. The molecular weight excluding hydrogens is 282 g/mol. The van der Waals surface area contributed by atoms with Crippen LogP contribution in [0.4, 0.5) is 0 Å². The second kappa shape index (κ2) is 12.3. The van der Waals surface area contributed by atoms with Crippen LogP contribution in [0.5, 0.6) is 0 Å². The van der Waals surface area contributed by atoms with Gasteiger partial charge in [-0.25, -0.2) is 0 Å². The van der Waals surface area contributed by atoms with Crippen molar-refractivity contribution in [3.05, 3.63) is 0 Å². The molecule has 0 amide bonds. The normalized spacial score (nSPS) is 12.8. The molecule has 0 aliphatic carbocycles. The molecule has 0 radical (unpaired) electrons. The van der Waals surface area contributed by atoms with Crippen LogP contribution < -0.4 is 5.73 Å². The first kappa shape index (κ1) is 21.8. The summed E-state index contributed by atoms with van der Waals surface area (Å²) in [6.45, 7) is 14.2. The van der Waals surface area contributed by atoms with Gasteiger partial charge in [0, 0.05) is 7.11 Å². The summed E-state index contributed by atoms with van der Waals surface area (Å²) in [5, 5.41) is 0. The molecule has 0 aromatic heterocycles. The summed E-state index contributed by atoms with van der Waals surface area (Å²) in [5.74, 6) is 0. The van der Waals surface area contributed by atoms with Crippen LogP contribution in [0.15, 0.2) is 0 Å². The third kappa shape index (κ3) is 13.5. The summed E-state index contributed by atoms with van der Waals surface area (Å²) in [7, 11) is 1.66. The molecule has 5 nitrogen and oxygen atoms in total. The lowest BCUT2D eigenvalue weighted by Crippen LogP contribution is -2.29. The predicted octanol–water partition coefficient (Wildman–Crippen LogP) is 2.47. The Kier molecular flexibility index (Phi) is 12.1. The fourth-order valence-electron chi connectivity index (χ4n) is 2.76. The lowest BCUT2D eigenvalue weighted by Gasteiger charge is -2.34. The number of nitrogens with two attached hydrogens (primary N) is 1. The zero-order valence-corrected chi connectivity index (χ0v) is 15.3. The molecular formula is C17H37NO4. The van der Waals surface area contributed by atoms with Crippen molar-refractivity contribution in [2.45, 2.75) is 40.5 Å². The van der Waals surface area contributed by atoms with Gasteiger partial charge in [0.05, 0.1) is 46.2 Å². The molecule has 5 heteroatoms. The third-order valence-electron chi connectivity index (χ3n) is 3.45. The van der Waals surface area contributed by atoms with Gasteiger partial charge in [0.25, 0.3) is 0 Å². The fraction of sp³-hybridized carbons (Fsp3) is 1.00. The Bertz CT molecular complexity index is 257. The molecule has 2 N–H and O–H groups in total. The lowest BCUT2D eigenvalue weighted by molar-refractivity contribution is -0.0163. The molecule has 0 aromatic carbocycles. The molecule has 0 unspecified atom stereocenters. The van der Waals surface area contributed by atoms with Crippen molar-refractivity contribution < 1.29 is 18.9 Å². The molecule has 0 aromatic rings. The number of rotatable bonds is 15. The van der Waals surface area contributed by atoms with Gasteiger partial charge < -0.3 is 24.7 Å². The smallest absolute Gasteiger partial charge is 0.0701 e. The highest BCUT2D eigenvalue weighted by atomic mass is 16.6. The second-order valence-electron chi connectivity index (χ2n) is 7.31. The van der Waals surface area contributed by atoms with Crippen molar-refractivity contribution in [3.8, 4) is 0 Å². The maximum atomic E-state index is 5.75. The summed E-state index contributed by atoms with van der Waals surface area (Å²) in [6, 6.07) is 0. The minimum absolute atomic E-state index is 0.155. The van der Waals surface area contributed by atoms with E-state index in [2.05, 4.69) is 27.7 Å². The van der Waals surface area contributed by atoms with Gasteiger partial charge in [-0.2, -0.15) is 0 Å². The number of hydrogen-bond acceptors (Lipinski definition) is 5. The summed E-state index contributed by atoms with van der Waals surface area (Å²) in [5.41, 5.74) is 6.09. The van der Waals surface area contributed by atoms with Crippen molar-refractivity contribution in [3.63, 3.8) is 0 Å². The van der Waals surface area contributed by atoms with Crippen LogP contribution in [-0.2, 0) is 18.9 Å². The molecule has 134 valence electrons. The van der Waals surface area contributed by atoms with E-state index >= 15 is 0 Å². The van der Waals surface area contributed by atoms with Crippen LogP contribution in [0.3, 0.4) is 0 Å². The molecule has 0 rings (SSSR count). The van der Waals surface area contributed by atoms with Crippen LogP contribution in [0.2, 0.25) is 0 Å². The first-order valence-electron chi connectivity index (χ1n) is 8.25. The van der Waals surface area contributed by atoms with Crippen molar-refractivity contribution in [1.82, 2.24) is 0 Å². The summed E-state index contributed by atoms with van der Waals surface area (Å²) in [4.78, 5) is 0. The van der Waals surface area contributed by atoms with Crippen molar-refractivity contribution in [1.29, 1.82) is 0 Å². The zero-order valence-electron chi connectivity index (χ0n) is 15.3. The monoisotopic (exact) mass is 319 g/mol. The maximum Gasteiger partial charge on any atom is 0.0701 e. The van der Waals surface area contributed by atoms with Gasteiger partial charge in [0.1, 0.15) is 0 Å². The minimum atomic E-state index is 0.155. The van der Waals surface area contributed by atoms with Crippen molar-refractivity contribution >= 4 is 0 Å². The molecule has 0 aliphatic rings. The standard InChI is InChI=1S/C17H37NO4/c1-16(2,6-7-18)14-17(3,4)15-22-13-12-21-11-10-20-9-8-19-5/h6-15,18H2,1-5H3. The van der Waals surface area contributed by atoms with Crippen LogP contribution in [0, 0.1) is 10.8 Å². The highest BCUT2D eigenvalue weighted by Crippen LogP contribution is 2.35. The first-order chi connectivity index (χ1) is 10.3. The van der Waals surface area contributed by atoms with E-state index in [4.69, 9.17) is 24.7 Å². The topological polar surface area (TPSA) is 62.9 Å². The van der Waals surface area contributed by atoms with Gasteiger partial charge in [-0.1, -0.05) is 27.7 Å². The first-order valence-corrected chi connectivity index (χ1v) is 8.25. The van der Waals surface area contributed by atoms with E-state index in [-0.39, 0.29) is 10.8 Å². The Hall–Kier alpha value is -0.200. The number of methoxy groups -OCH3 is 1. The van der Waals surface area contributed by atoms with Gasteiger partial charge in [0.15, 0.2) is 0 Å². The Morgan fingerprint density at radius 2 is 1.23 bits per heavy atom. The highest BCUT2D eigenvalue weighted by Gasteiger charge is 2.28. The highest BCUT2D eigenvalue weighted by molar-refractivity contribution is 4.79. The van der Waals surface area contributed by atoms with E-state index in [0.29, 0.717) is 39.6 Å². The van der Waals surface area contributed by atoms with Crippen LogP contribution >= 0.6 is 0 Å². The molecule has 0 aliphatic heterocycles. The van der Waals surface area contributed by atoms with Gasteiger partial charge >= 0.3 is 0 Å². The van der Waals surface area contributed by atoms with Crippen molar-refractivity contribution in [2.24, 2.45) is 16.6 Å². The lowest BCUT2D eigenvalue weighted by atomic mass is 9.74. The summed E-state index contributed by atoms with van der Waals surface area (Å²) < 4.78 is 21.4. The molecule has 0 atom stereocenters. The fourth-order valence-corrected chi connectivity index (χ4v) is 2.76. The summed E-state index contributed by atoms with van der Waals surface area (Å²) >= 11 is 0. The largest absolute Gasteiger partial charge is 0.382 e. The van der Waals surface area contributed by atoms with Gasteiger partial charge in [0.2, 0.25) is 0 Å². The molecule has 0 bridgehead atoms. The Labute approximate surface area is 136 Å². The molecule has 0 fully saturated rings. The van der Waals surface area contributed by atoms with E-state index in [1.165, 1.54) is 0 Å². The molecule has 0 spiro atoms. The predicted molar refractivity (Wildman–Crippen MR) is 90.2 cm³/mol. The van der Waals surface area contributed by atoms with Crippen LogP contribution in [-0.4, -0.2) is 59.9 Å². The average molecular weight is 319 g/mol. The van der Waals surface area contributed by atoms with Gasteiger partial charge in [-0.3, -0.25) is 0 Å². The number of hydrogen-bond donors (Lipinski definition) is 1. The van der Waals surface area contributed by atoms with Gasteiger partial charge in [-0.15, -0.1) is 0 Å². The van der Waals surface area contributed by atoms with E-state index < -0.39 is 0 Å². The van der Waals surface area contributed by atoms with E-state index in [1.54, 1.807) is 7.11 Å². The zero-order chi connectivity index (χ0) is 16.9. The van der Waals surface area contributed by atoms with E-state index in [9.17, 15) is 0 Å². The molecule has 0 heterocycles. The maximum absolute atomic E-state index is 5.75. The van der Waals surface area contributed by atoms with Crippen LogP contribution in [0.1, 0.15) is 40.5 Å². The average Bonchev–Trinajstić information content (AvgIpc) is 2.39. The number of ether oxygens (including phenoxy) is 4. The van der Waals surface area contributed by atoms with E-state index in [1.807, 2.05) is 0 Å². The third-order valence-corrected chi connectivity index (χ3v) is 3.45. The Morgan fingerprint density at radius 1 is 0.727 bits per heavy atom. The van der Waals surface area contributed by atoms with Crippen molar-refractivity contribution in [2.75, 3.05) is 59.9 Å². The van der Waals surface area contributed by atoms with Gasteiger partial charge in [-0.05, 0) is 30.2 Å². The summed E-state index contributed by atoms with van der Waals surface area (Å²) in [6.07, 6.45) is 2.15. The Morgan fingerprint density at radius 3 is 1.73 bits per heavy atom. The van der Waals surface area contributed by atoms with Crippen LogP contribution in [0.25, 0.3) is 0 Å². The minimum Gasteiger partial charge on any atom is -0.382 e. The molecule has 0 saturated heterocycles. The SMILES string of the molecule is COCCOCCOCCOCC(C)(C)CC(C)(C)CCN. The molecule has 0 saturated carbocycles. The van der Waals surface area contributed by atoms with E-state index in [0.717, 1.165) is 26.0 Å². The molecule has 22 heavy (non-hydrogen) atoms. The second-order valence-corrected chi connectivity index (χ2v) is 7.31.